The molecule has 0 aliphatic heterocycles. The minimum absolute atomic E-state index is 0. The van der Waals surface area contributed by atoms with Crippen LogP contribution in [-0.2, 0) is 10.0 Å². The summed E-state index contributed by atoms with van der Waals surface area (Å²) in [5.74, 6) is -0.170. The van der Waals surface area contributed by atoms with Crippen molar-refractivity contribution in [1.29, 1.82) is 0 Å². The zero-order valence-electron chi connectivity index (χ0n) is 16.6. The normalized spacial score (nSPS) is 11.5. The highest BCUT2D eigenvalue weighted by atomic mass is 35.5. The Hall–Kier alpha value is -2.09. The van der Waals surface area contributed by atoms with E-state index in [0.717, 1.165) is 0 Å². The second-order valence-electron chi connectivity index (χ2n) is 7.36. The molecule has 8 heteroatoms. The number of carbonyl (C=O) groups is 1. The molecular weight excluding hydrogens is 398 g/mol. The first-order valence-electron chi connectivity index (χ1n) is 8.68. The lowest BCUT2D eigenvalue weighted by Crippen LogP contribution is -2.39. The van der Waals surface area contributed by atoms with Crippen molar-refractivity contribution in [1.82, 2.24) is 4.90 Å². The Kier molecular flexibility index (Phi) is 8.05. The fourth-order valence-electron chi connectivity index (χ4n) is 2.70. The lowest BCUT2D eigenvalue weighted by atomic mass is 9.93. The topological polar surface area (TPSA) is 83.7 Å². The quantitative estimate of drug-likeness (QED) is 0.739. The number of hydrogen-bond acceptors (Lipinski definition) is 4. The summed E-state index contributed by atoms with van der Waals surface area (Å²) in [5, 5.41) is 0. The summed E-state index contributed by atoms with van der Waals surface area (Å²) in [7, 11) is -0.473. The summed E-state index contributed by atoms with van der Waals surface area (Å²) >= 11 is 0. The van der Waals surface area contributed by atoms with Crippen molar-refractivity contribution in [2.45, 2.75) is 18.7 Å². The van der Waals surface area contributed by atoms with Crippen molar-refractivity contribution >= 4 is 34.0 Å². The number of anilines is 1. The third kappa shape index (κ3) is 5.47. The van der Waals surface area contributed by atoms with Crippen LogP contribution in [0.5, 0.6) is 0 Å². The second-order valence-corrected chi connectivity index (χ2v) is 9.33. The van der Waals surface area contributed by atoms with E-state index in [1.807, 2.05) is 19.9 Å². The molecule has 0 saturated carbocycles. The lowest BCUT2D eigenvalue weighted by Gasteiger charge is -2.29. The molecule has 0 saturated heterocycles. The maximum absolute atomic E-state index is 12.8. The Morgan fingerprint density at radius 1 is 1.00 bits per heavy atom. The van der Waals surface area contributed by atoms with Gasteiger partial charge in [0.05, 0.1) is 10.6 Å². The van der Waals surface area contributed by atoms with Gasteiger partial charge in [0, 0.05) is 26.2 Å². The Morgan fingerprint density at radius 3 is 2.04 bits per heavy atom. The van der Waals surface area contributed by atoms with E-state index >= 15 is 0 Å². The summed E-state index contributed by atoms with van der Waals surface area (Å²) < 4.78 is 26.8. The first-order valence-corrected chi connectivity index (χ1v) is 10.1. The van der Waals surface area contributed by atoms with Crippen LogP contribution in [0.25, 0.3) is 0 Å². The summed E-state index contributed by atoms with van der Waals surface area (Å²) in [6, 6.07) is 14.8. The Labute approximate surface area is 173 Å². The molecule has 0 aliphatic rings. The van der Waals surface area contributed by atoms with Gasteiger partial charge in [0.1, 0.15) is 0 Å². The third-order valence-electron chi connectivity index (χ3n) is 4.44. The van der Waals surface area contributed by atoms with Crippen LogP contribution < -0.4 is 10.0 Å². The zero-order valence-corrected chi connectivity index (χ0v) is 18.3. The van der Waals surface area contributed by atoms with Crippen LogP contribution in [0.1, 0.15) is 24.2 Å². The molecule has 0 spiro atoms. The molecule has 154 valence electrons. The van der Waals surface area contributed by atoms with Crippen LogP contribution >= 0.6 is 12.4 Å². The van der Waals surface area contributed by atoms with Crippen LogP contribution in [0.4, 0.5) is 5.69 Å². The van der Waals surface area contributed by atoms with E-state index in [1.54, 1.807) is 48.3 Å². The standard InChI is InChI=1S/C20H27N3O3S.ClH/c1-20(2,14-21)15-22(3)19(24)16-10-12-18(13-11-16)27(25,26)23(4)17-8-6-5-7-9-17;/h5-13H,14-15,21H2,1-4H3;1H. The molecule has 0 unspecified atom stereocenters. The minimum atomic E-state index is -3.70. The van der Waals surface area contributed by atoms with Gasteiger partial charge >= 0.3 is 0 Å². The van der Waals surface area contributed by atoms with Gasteiger partial charge in [0.15, 0.2) is 0 Å². The molecule has 0 aromatic heterocycles. The van der Waals surface area contributed by atoms with Gasteiger partial charge in [-0.1, -0.05) is 32.0 Å². The van der Waals surface area contributed by atoms with E-state index in [-0.39, 0.29) is 28.6 Å². The van der Waals surface area contributed by atoms with E-state index in [1.165, 1.54) is 23.5 Å². The largest absolute Gasteiger partial charge is 0.341 e. The molecule has 0 atom stereocenters. The number of nitrogens with zero attached hydrogens (tertiary/aromatic N) is 2. The van der Waals surface area contributed by atoms with Gasteiger partial charge in [-0.2, -0.15) is 0 Å². The van der Waals surface area contributed by atoms with Gasteiger partial charge in [0.25, 0.3) is 15.9 Å². The molecule has 0 heterocycles. The number of halogens is 1. The van der Waals surface area contributed by atoms with Crippen LogP contribution in [-0.4, -0.2) is 46.4 Å². The Bertz CT molecular complexity index is 885. The molecule has 0 fully saturated rings. The van der Waals surface area contributed by atoms with Gasteiger partial charge < -0.3 is 10.6 Å². The average Bonchev–Trinajstić information content (AvgIpc) is 2.67. The zero-order chi connectivity index (χ0) is 20.2. The molecular formula is C20H28ClN3O3S. The van der Waals surface area contributed by atoms with E-state index in [9.17, 15) is 13.2 Å². The fraction of sp³-hybridized carbons (Fsp3) is 0.350. The maximum atomic E-state index is 12.8. The second kappa shape index (κ2) is 9.41. The van der Waals surface area contributed by atoms with Gasteiger partial charge in [-0.05, 0) is 48.4 Å². The number of para-hydroxylation sites is 1. The average molecular weight is 426 g/mol. The van der Waals surface area contributed by atoms with Gasteiger partial charge in [-0.15, -0.1) is 12.4 Å². The molecule has 0 radical (unpaired) electrons. The van der Waals surface area contributed by atoms with E-state index in [4.69, 9.17) is 5.73 Å². The summed E-state index contributed by atoms with van der Waals surface area (Å²) in [6.45, 7) is 4.96. The molecule has 0 bridgehead atoms. The summed E-state index contributed by atoms with van der Waals surface area (Å²) in [6.07, 6.45) is 0. The lowest BCUT2D eigenvalue weighted by molar-refractivity contribution is 0.0740. The van der Waals surface area contributed by atoms with Crippen molar-refractivity contribution in [3.8, 4) is 0 Å². The molecule has 1 amide bonds. The highest BCUT2D eigenvalue weighted by Crippen LogP contribution is 2.22. The fourth-order valence-corrected chi connectivity index (χ4v) is 3.90. The Balaban J connectivity index is 0.00000392. The van der Waals surface area contributed by atoms with Crippen LogP contribution in [0, 0.1) is 5.41 Å². The van der Waals surface area contributed by atoms with E-state index < -0.39 is 10.0 Å². The van der Waals surface area contributed by atoms with Crippen molar-refractivity contribution in [3.63, 3.8) is 0 Å². The maximum Gasteiger partial charge on any atom is 0.264 e. The highest BCUT2D eigenvalue weighted by Gasteiger charge is 2.24. The van der Waals surface area contributed by atoms with Crippen molar-refractivity contribution < 1.29 is 13.2 Å². The minimum Gasteiger partial charge on any atom is -0.341 e. The number of amides is 1. The van der Waals surface area contributed by atoms with Gasteiger partial charge in [0.2, 0.25) is 0 Å². The van der Waals surface area contributed by atoms with E-state index in [2.05, 4.69) is 0 Å². The number of rotatable bonds is 7. The SMILES string of the molecule is CN(CC(C)(C)CN)C(=O)c1ccc(S(=O)(=O)N(C)c2ccccc2)cc1.Cl. The van der Waals surface area contributed by atoms with Crippen molar-refractivity contribution in [2.75, 3.05) is 31.5 Å². The molecule has 2 aromatic carbocycles. The van der Waals surface area contributed by atoms with Crippen LogP contribution in [0.2, 0.25) is 0 Å². The van der Waals surface area contributed by atoms with Crippen LogP contribution in [0.15, 0.2) is 59.5 Å². The Morgan fingerprint density at radius 2 is 1.54 bits per heavy atom. The molecule has 2 N–H and O–H groups in total. The monoisotopic (exact) mass is 425 g/mol. The van der Waals surface area contributed by atoms with E-state index in [0.29, 0.717) is 24.3 Å². The number of nitrogens with two attached hydrogens (primary N) is 1. The number of benzene rings is 2. The highest BCUT2D eigenvalue weighted by molar-refractivity contribution is 7.92. The number of hydrogen-bond donors (Lipinski definition) is 1. The molecule has 28 heavy (non-hydrogen) atoms. The molecule has 2 rings (SSSR count). The molecule has 6 nitrogen and oxygen atoms in total. The predicted molar refractivity (Wildman–Crippen MR) is 116 cm³/mol. The smallest absolute Gasteiger partial charge is 0.264 e. The predicted octanol–water partition coefficient (Wildman–Crippen LogP) is 2.99. The van der Waals surface area contributed by atoms with Gasteiger partial charge in [-0.25, -0.2) is 8.42 Å². The third-order valence-corrected chi connectivity index (χ3v) is 6.24. The van der Waals surface area contributed by atoms with Crippen molar-refractivity contribution in [3.05, 3.63) is 60.2 Å². The molecule has 2 aromatic rings. The van der Waals surface area contributed by atoms with Crippen molar-refractivity contribution in [2.24, 2.45) is 11.1 Å². The van der Waals surface area contributed by atoms with Gasteiger partial charge in [-0.3, -0.25) is 9.10 Å². The number of carbonyl (C=O) groups excluding carboxylic acids is 1. The first-order chi connectivity index (χ1) is 12.6. The molecule has 0 aliphatic carbocycles. The first kappa shape index (κ1) is 23.9. The van der Waals surface area contributed by atoms with Crippen LogP contribution in [0.3, 0.4) is 0 Å². The summed E-state index contributed by atoms with van der Waals surface area (Å²) in [4.78, 5) is 14.3. The number of sulfonamides is 1. The summed E-state index contributed by atoms with van der Waals surface area (Å²) in [5.41, 5.74) is 6.55.